The summed E-state index contributed by atoms with van der Waals surface area (Å²) in [6.45, 7) is -1.10. The first-order chi connectivity index (χ1) is 12.3. The topological polar surface area (TPSA) is 178 Å². The van der Waals surface area contributed by atoms with Gasteiger partial charge in [-0.3, -0.25) is 34.4 Å². The number of benzene rings is 1. The summed E-state index contributed by atoms with van der Waals surface area (Å²) in [6.07, 6.45) is 0. The van der Waals surface area contributed by atoms with Crippen LogP contribution in [0.1, 0.15) is 32.2 Å². The van der Waals surface area contributed by atoms with Crippen molar-refractivity contribution in [2.45, 2.75) is 5.92 Å². The van der Waals surface area contributed by atoms with E-state index < -0.39 is 34.8 Å². The molecule has 1 aliphatic heterocycles. The average molecular weight is 358 g/mol. The van der Waals surface area contributed by atoms with Gasteiger partial charge in [0.25, 0.3) is 17.4 Å². The number of nitrogen functional groups attached to an aromatic ring is 2. The Hall–Kier alpha value is -3.76. The number of fused-ring (bicyclic) bond motifs is 1. The van der Waals surface area contributed by atoms with Gasteiger partial charge < -0.3 is 11.5 Å². The van der Waals surface area contributed by atoms with Crippen LogP contribution in [-0.2, 0) is 0 Å². The number of hydrogen-bond donors (Lipinski definition) is 3. The van der Waals surface area contributed by atoms with Crippen LogP contribution in [0.2, 0.25) is 0 Å². The molecule has 0 bridgehead atoms. The van der Waals surface area contributed by atoms with E-state index >= 15 is 0 Å². The van der Waals surface area contributed by atoms with Crippen LogP contribution < -0.4 is 17.0 Å². The number of rotatable bonds is 5. The molecule has 1 atom stereocenters. The molecule has 2 heterocycles. The number of nitrogens with one attached hydrogen (secondary N) is 1. The molecule has 134 valence electrons. The lowest BCUT2D eigenvalue weighted by Crippen LogP contribution is -2.38. The highest BCUT2D eigenvalue weighted by Gasteiger charge is 2.38. The Morgan fingerprint density at radius 3 is 2.23 bits per heavy atom. The zero-order valence-corrected chi connectivity index (χ0v) is 13.3. The molecule has 11 nitrogen and oxygen atoms in total. The Labute approximate surface area is 145 Å². The van der Waals surface area contributed by atoms with Crippen molar-refractivity contribution >= 4 is 23.6 Å². The van der Waals surface area contributed by atoms with Crippen LogP contribution >= 0.6 is 0 Å². The first-order valence-corrected chi connectivity index (χ1v) is 7.51. The molecule has 3 rings (SSSR count). The summed E-state index contributed by atoms with van der Waals surface area (Å²) in [4.78, 5) is 54.3. The number of imide groups is 1. The molecule has 1 aromatic heterocycles. The van der Waals surface area contributed by atoms with E-state index in [1.54, 1.807) is 12.1 Å². The molecule has 1 aromatic carbocycles. The number of carbonyl (C=O) groups excluding carboxylic acids is 2. The van der Waals surface area contributed by atoms with Gasteiger partial charge >= 0.3 is 0 Å². The lowest BCUT2D eigenvalue weighted by atomic mass is 10.00. The van der Waals surface area contributed by atoms with E-state index in [1.807, 2.05) is 0 Å². The lowest BCUT2D eigenvalue weighted by Gasteiger charge is -2.20. The fraction of sp³-hybridized carbons (Fsp3) is 0.200. The molecule has 2 amide bonds. The van der Waals surface area contributed by atoms with Crippen LogP contribution in [0, 0.1) is 10.1 Å². The summed E-state index contributed by atoms with van der Waals surface area (Å²) in [5.74, 6) is -2.83. The fourth-order valence-corrected chi connectivity index (χ4v) is 2.96. The van der Waals surface area contributed by atoms with Crippen molar-refractivity contribution in [1.82, 2.24) is 14.9 Å². The van der Waals surface area contributed by atoms with Crippen LogP contribution in [0.25, 0.3) is 0 Å². The third-order valence-corrected chi connectivity index (χ3v) is 4.06. The predicted molar refractivity (Wildman–Crippen MR) is 90.1 cm³/mol. The third-order valence-electron chi connectivity index (χ3n) is 4.06. The van der Waals surface area contributed by atoms with E-state index in [-0.39, 0.29) is 35.0 Å². The fourth-order valence-electron chi connectivity index (χ4n) is 2.96. The molecule has 0 radical (unpaired) electrons. The van der Waals surface area contributed by atoms with Crippen molar-refractivity contribution < 1.29 is 14.5 Å². The van der Waals surface area contributed by atoms with Crippen LogP contribution in [0.15, 0.2) is 29.1 Å². The van der Waals surface area contributed by atoms with Crippen LogP contribution in [0.5, 0.6) is 0 Å². The monoisotopic (exact) mass is 358 g/mol. The summed E-state index contributed by atoms with van der Waals surface area (Å²) in [5.41, 5.74) is 10.6. The van der Waals surface area contributed by atoms with E-state index in [4.69, 9.17) is 11.5 Å². The third kappa shape index (κ3) is 2.85. The zero-order valence-electron chi connectivity index (χ0n) is 13.3. The van der Waals surface area contributed by atoms with Crippen molar-refractivity contribution in [3.63, 3.8) is 0 Å². The van der Waals surface area contributed by atoms with Crippen molar-refractivity contribution in [2.75, 3.05) is 24.6 Å². The van der Waals surface area contributed by atoms with Gasteiger partial charge in [-0.15, -0.1) is 0 Å². The number of hydrogen-bond acceptors (Lipinski definition) is 8. The molecule has 26 heavy (non-hydrogen) atoms. The molecule has 0 spiro atoms. The minimum Gasteiger partial charge on any atom is -0.383 e. The number of nitro groups is 1. The second kappa shape index (κ2) is 6.27. The number of nitrogens with two attached hydrogens (primary N) is 2. The van der Waals surface area contributed by atoms with Crippen molar-refractivity contribution in [1.29, 1.82) is 0 Å². The molecule has 0 saturated carbocycles. The molecule has 11 heteroatoms. The second-order valence-corrected chi connectivity index (χ2v) is 5.73. The van der Waals surface area contributed by atoms with Gasteiger partial charge in [-0.1, -0.05) is 12.1 Å². The molecule has 0 fully saturated rings. The van der Waals surface area contributed by atoms with Crippen molar-refractivity contribution in [2.24, 2.45) is 0 Å². The quantitative estimate of drug-likeness (QED) is 0.366. The Bertz CT molecular complexity index is 950. The summed E-state index contributed by atoms with van der Waals surface area (Å²) >= 11 is 0. The van der Waals surface area contributed by atoms with Gasteiger partial charge in [0.05, 0.1) is 22.6 Å². The zero-order chi connectivity index (χ0) is 19.0. The maximum absolute atomic E-state index is 12.5. The Morgan fingerprint density at radius 1 is 1.15 bits per heavy atom. The largest absolute Gasteiger partial charge is 0.383 e. The first-order valence-electron chi connectivity index (χ1n) is 7.51. The number of amides is 2. The van der Waals surface area contributed by atoms with Gasteiger partial charge in [0, 0.05) is 11.5 Å². The highest BCUT2D eigenvalue weighted by Crippen LogP contribution is 2.26. The van der Waals surface area contributed by atoms with Gasteiger partial charge in [-0.05, 0) is 12.1 Å². The maximum atomic E-state index is 12.5. The number of anilines is 2. The van der Waals surface area contributed by atoms with E-state index in [1.165, 1.54) is 12.1 Å². The Kier molecular flexibility index (Phi) is 4.12. The molecule has 1 unspecified atom stereocenters. The van der Waals surface area contributed by atoms with E-state index in [0.29, 0.717) is 0 Å². The average Bonchev–Trinajstić information content (AvgIpc) is 2.79. The summed E-state index contributed by atoms with van der Waals surface area (Å²) < 4.78 is 0. The highest BCUT2D eigenvalue weighted by atomic mass is 16.6. The number of nitrogens with zero attached hydrogens (tertiary/aromatic N) is 3. The standard InChI is InChI=1S/C15H14N6O5/c16-11-10(12(22)19-15(17)18-11)7(6-21(25)26)5-20-13(23)8-3-1-2-4-9(8)14(20)24/h1-4,7H,5-6H2,(H5,16,17,18,19,22). The highest BCUT2D eigenvalue weighted by molar-refractivity contribution is 6.21. The number of aromatic amines is 1. The molecular weight excluding hydrogens is 344 g/mol. The van der Waals surface area contributed by atoms with Crippen molar-refractivity contribution in [3.05, 3.63) is 61.4 Å². The minimum absolute atomic E-state index is 0.188. The predicted octanol–water partition coefficient (Wildman–Crippen LogP) is -0.409. The normalized spacial score (nSPS) is 14.4. The first kappa shape index (κ1) is 17.1. The van der Waals surface area contributed by atoms with Crippen LogP contribution in [0.3, 0.4) is 0 Å². The molecule has 0 aliphatic carbocycles. The number of carbonyl (C=O) groups is 2. The van der Waals surface area contributed by atoms with E-state index in [9.17, 15) is 24.5 Å². The smallest absolute Gasteiger partial charge is 0.261 e. The number of H-pyrrole nitrogens is 1. The lowest BCUT2D eigenvalue weighted by molar-refractivity contribution is -0.483. The second-order valence-electron chi connectivity index (χ2n) is 5.73. The number of aromatic nitrogens is 2. The SMILES string of the molecule is Nc1nc(N)c(C(CN2C(=O)c3ccccc3C2=O)C[N+](=O)[O-])c(=O)[nH]1. The van der Waals surface area contributed by atoms with Crippen LogP contribution in [0.4, 0.5) is 11.8 Å². The molecule has 5 N–H and O–H groups in total. The van der Waals surface area contributed by atoms with Gasteiger partial charge in [0.15, 0.2) is 0 Å². The Morgan fingerprint density at radius 2 is 1.73 bits per heavy atom. The molecule has 2 aromatic rings. The van der Waals surface area contributed by atoms with Crippen LogP contribution in [-0.4, -0.2) is 44.7 Å². The van der Waals surface area contributed by atoms with Gasteiger partial charge in [0.2, 0.25) is 12.5 Å². The van der Waals surface area contributed by atoms with Crippen molar-refractivity contribution in [3.8, 4) is 0 Å². The Balaban J connectivity index is 1.99. The van der Waals surface area contributed by atoms with E-state index in [0.717, 1.165) is 4.90 Å². The molecular formula is C15H14N6O5. The van der Waals surface area contributed by atoms with Gasteiger partial charge in [-0.25, -0.2) is 0 Å². The van der Waals surface area contributed by atoms with Gasteiger partial charge in [0.1, 0.15) is 5.82 Å². The molecule has 0 saturated heterocycles. The minimum atomic E-state index is -1.14. The molecule has 1 aliphatic rings. The summed E-state index contributed by atoms with van der Waals surface area (Å²) in [5, 5.41) is 11.0. The summed E-state index contributed by atoms with van der Waals surface area (Å²) in [7, 11) is 0. The van der Waals surface area contributed by atoms with Gasteiger partial charge in [-0.2, -0.15) is 4.98 Å². The van der Waals surface area contributed by atoms with E-state index in [2.05, 4.69) is 9.97 Å². The maximum Gasteiger partial charge on any atom is 0.261 e. The summed E-state index contributed by atoms with van der Waals surface area (Å²) in [6, 6.07) is 6.19.